The molecule has 0 saturated carbocycles. The highest BCUT2D eigenvalue weighted by atomic mass is 16.3. The molecule has 0 unspecified atom stereocenters. The van der Waals surface area contributed by atoms with Gasteiger partial charge in [-0.25, -0.2) is 5.26 Å². The third-order valence-electron chi connectivity index (χ3n) is 3.21. The Kier molecular flexibility index (Phi) is 3.77. The van der Waals surface area contributed by atoms with Gasteiger partial charge in [0.25, 0.3) is 6.71 Å². The van der Waals surface area contributed by atoms with Gasteiger partial charge in [0.2, 0.25) is 0 Å². The number of nitrogens with zero attached hydrogens (tertiary/aromatic N) is 1. The third kappa shape index (κ3) is 2.46. The van der Waals surface area contributed by atoms with Crippen molar-refractivity contribution in [2.75, 3.05) is 13.2 Å². The van der Waals surface area contributed by atoms with Gasteiger partial charge in [0.1, 0.15) is 0 Å². The predicted octanol–water partition coefficient (Wildman–Crippen LogP) is 0.699. The molecule has 0 atom stereocenters. The first-order valence-corrected chi connectivity index (χ1v) is 4.88. The number of hydrogen-bond acceptors (Lipinski definition) is 3. The van der Waals surface area contributed by atoms with E-state index in [0.717, 1.165) is 25.5 Å². The first kappa shape index (κ1) is 10.6. The van der Waals surface area contributed by atoms with Crippen LogP contribution < -0.4 is 0 Å². The minimum absolute atomic E-state index is 0.0951. The highest BCUT2D eigenvalue weighted by molar-refractivity contribution is 6.67. The molecule has 0 aromatic carbocycles. The molecule has 1 fully saturated rings. The van der Waals surface area contributed by atoms with Gasteiger partial charge < -0.3 is 10.2 Å². The van der Waals surface area contributed by atoms with E-state index in [-0.39, 0.29) is 25.3 Å². The van der Waals surface area contributed by atoms with E-state index in [2.05, 4.69) is 5.97 Å². The maximum atomic E-state index is 9.24. The highest BCUT2D eigenvalue weighted by Crippen LogP contribution is 2.39. The monoisotopic (exact) mass is 181 g/mol. The summed E-state index contributed by atoms with van der Waals surface area (Å²) in [4.78, 5) is 0. The van der Waals surface area contributed by atoms with Gasteiger partial charge in [0.05, 0.1) is 0 Å². The van der Waals surface area contributed by atoms with Crippen molar-refractivity contribution < 1.29 is 10.2 Å². The van der Waals surface area contributed by atoms with Crippen LogP contribution in [-0.4, -0.2) is 30.1 Å². The van der Waals surface area contributed by atoms with Crippen LogP contribution in [0.1, 0.15) is 19.3 Å². The molecule has 72 valence electrons. The van der Waals surface area contributed by atoms with Gasteiger partial charge in [0, 0.05) is 19.2 Å². The molecule has 1 heterocycles. The van der Waals surface area contributed by atoms with Gasteiger partial charge in [0.15, 0.2) is 0 Å². The molecule has 2 N–H and O–H groups in total. The molecule has 1 rings (SSSR count). The molecule has 1 aliphatic heterocycles. The summed E-state index contributed by atoms with van der Waals surface area (Å²) in [5.74, 6) is 2.26. The van der Waals surface area contributed by atoms with Crippen LogP contribution in [0.25, 0.3) is 0 Å². The Morgan fingerprint density at radius 1 is 1.31 bits per heavy atom. The Balaban J connectivity index is 2.48. The van der Waals surface area contributed by atoms with Crippen LogP contribution in [0.5, 0.6) is 0 Å². The van der Waals surface area contributed by atoms with Gasteiger partial charge >= 0.3 is 0 Å². The van der Waals surface area contributed by atoms with Gasteiger partial charge in [-0.05, 0) is 11.8 Å². The van der Waals surface area contributed by atoms with Crippen LogP contribution in [0.3, 0.4) is 0 Å². The van der Waals surface area contributed by atoms with Crippen molar-refractivity contribution in [3.63, 3.8) is 0 Å². The Hall–Kier alpha value is -0.525. The number of aliphatic hydroxyl groups is 2. The molecule has 0 amide bonds. The standard InChI is InChI=1S/C9H16BNO2/c11-8-10-4-1-9(7-13,2-5-10)3-6-12/h12-13H,1-7H2. The zero-order valence-corrected chi connectivity index (χ0v) is 7.87. The second-order valence-corrected chi connectivity index (χ2v) is 4.04. The van der Waals surface area contributed by atoms with Crippen molar-refractivity contribution in [3.05, 3.63) is 0 Å². The lowest BCUT2D eigenvalue weighted by atomic mass is 9.39. The fraction of sp³-hybridized carbons (Fsp3) is 0.889. The molecule has 4 heteroatoms. The van der Waals surface area contributed by atoms with Gasteiger partial charge in [-0.3, -0.25) is 0 Å². The lowest BCUT2D eigenvalue weighted by Crippen LogP contribution is -2.34. The van der Waals surface area contributed by atoms with Crippen molar-refractivity contribution in [2.45, 2.75) is 31.9 Å². The van der Waals surface area contributed by atoms with Crippen molar-refractivity contribution in [1.29, 1.82) is 5.26 Å². The Morgan fingerprint density at radius 3 is 2.31 bits per heavy atom. The Bertz CT molecular complexity index is 194. The summed E-state index contributed by atoms with van der Waals surface area (Å²) >= 11 is 0. The highest BCUT2D eigenvalue weighted by Gasteiger charge is 2.35. The summed E-state index contributed by atoms with van der Waals surface area (Å²) in [5, 5.41) is 26.8. The van der Waals surface area contributed by atoms with E-state index in [1.807, 2.05) is 0 Å². The first-order valence-electron chi connectivity index (χ1n) is 4.88. The van der Waals surface area contributed by atoms with E-state index in [9.17, 15) is 5.11 Å². The first-order chi connectivity index (χ1) is 6.26. The molecule has 0 spiro atoms. The topological polar surface area (TPSA) is 64.2 Å². The van der Waals surface area contributed by atoms with Gasteiger partial charge in [-0.1, -0.05) is 25.5 Å². The lowest BCUT2D eigenvalue weighted by Gasteiger charge is -2.35. The van der Waals surface area contributed by atoms with E-state index >= 15 is 0 Å². The van der Waals surface area contributed by atoms with E-state index < -0.39 is 0 Å². The van der Waals surface area contributed by atoms with Gasteiger partial charge in [-0.15, -0.1) is 0 Å². The Labute approximate surface area is 79.5 Å². The number of rotatable bonds is 3. The summed E-state index contributed by atoms with van der Waals surface area (Å²) in [5.41, 5.74) is -0.0951. The minimum atomic E-state index is -0.0951. The van der Waals surface area contributed by atoms with Gasteiger partial charge in [-0.2, -0.15) is 0 Å². The molecule has 1 aliphatic rings. The zero-order valence-electron chi connectivity index (χ0n) is 7.87. The third-order valence-corrected chi connectivity index (χ3v) is 3.21. The summed E-state index contributed by atoms with van der Waals surface area (Å²) in [6.07, 6.45) is 4.17. The molecule has 0 aromatic rings. The summed E-state index contributed by atoms with van der Waals surface area (Å²) in [6, 6.07) is 0. The van der Waals surface area contributed by atoms with Crippen molar-refractivity contribution >= 4 is 6.71 Å². The molecule has 0 aromatic heterocycles. The summed E-state index contributed by atoms with van der Waals surface area (Å²) in [7, 11) is 0. The predicted molar refractivity (Wildman–Crippen MR) is 51.4 cm³/mol. The molecule has 0 radical (unpaired) electrons. The summed E-state index contributed by atoms with van der Waals surface area (Å²) in [6.45, 7) is 0.446. The van der Waals surface area contributed by atoms with Crippen LogP contribution >= 0.6 is 0 Å². The second kappa shape index (κ2) is 4.64. The lowest BCUT2D eigenvalue weighted by molar-refractivity contribution is 0.0785. The molecular formula is C9H16BNO2. The quantitative estimate of drug-likeness (QED) is 0.629. The van der Waals surface area contributed by atoms with E-state index in [1.165, 1.54) is 0 Å². The van der Waals surface area contributed by atoms with E-state index in [0.29, 0.717) is 6.42 Å². The fourth-order valence-electron chi connectivity index (χ4n) is 2.08. The molecule has 0 bridgehead atoms. The van der Waals surface area contributed by atoms with Crippen molar-refractivity contribution in [1.82, 2.24) is 0 Å². The van der Waals surface area contributed by atoms with Crippen molar-refractivity contribution in [2.24, 2.45) is 5.41 Å². The molecule has 13 heavy (non-hydrogen) atoms. The van der Waals surface area contributed by atoms with E-state index in [4.69, 9.17) is 10.4 Å². The van der Waals surface area contributed by atoms with Crippen LogP contribution in [0, 0.1) is 16.6 Å². The summed E-state index contributed by atoms with van der Waals surface area (Å²) < 4.78 is 0. The number of hydrogen-bond donors (Lipinski definition) is 2. The number of nitriles is 1. The number of aliphatic hydroxyl groups excluding tert-OH is 2. The van der Waals surface area contributed by atoms with Crippen LogP contribution in [0.2, 0.25) is 12.6 Å². The Morgan fingerprint density at radius 2 is 1.92 bits per heavy atom. The maximum Gasteiger partial charge on any atom is 0.267 e. The SMILES string of the molecule is N#CB1CCC(CO)(CCO)CC1. The average Bonchev–Trinajstić information content (AvgIpc) is 2.19. The minimum Gasteiger partial charge on any atom is -0.396 e. The molecular weight excluding hydrogens is 165 g/mol. The molecule has 3 nitrogen and oxygen atoms in total. The zero-order chi connectivity index (χ0) is 9.73. The average molecular weight is 181 g/mol. The largest absolute Gasteiger partial charge is 0.396 e. The van der Waals surface area contributed by atoms with Crippen LogP contribution in [0.15, 0.2) is 0 Å². The fourth-order valence-corrected chi connectivity index (χ4v) is 2.08. The van der Waals surface area contributed by atoms with Crippen LogP contribution in [-0.2, 0) is 0 Å². The van der Waals surface area contributed by atoms with Crippen LogP contribution in [0.4, 0.5) is 0 Å². The molecule has 1 saturated heterocycles. The smallest absolute Gasteiger partial charge is 0.267 e. The second-order valence-electron chi connectivity index (χ2n) is 4.04. The normalized spacial score (nSPS) is 21.2. The molecule has 0 aliphatic carbocycles. The maximum absolute atomic E-state index is 9.24. The van der Waals surface area contributed by atoms with Crippen molar-refractivity contribution in [3.8, 4) is 5.97 Å². The van der Waals surface area contributed by atoms with E-state index in [1.54, 1.807) is 0 Å².